The maximum absolute atomic E-state index is 14.0. The summed E-state index contributed by atoms with van der Waals surface area (Å²) in [5.74, 6) is -0.802. The molecule has 0 unspecified atom stereocenters. The molecular formula is C21H23FN4OS. The van der Waals surface area contributed by atoms with Crippen molar-refractivity contribution in [3.8, 4) is 0 Å². The molecule has 4 rings (SSSR count). The molecule has 0 radical (unpaired) electrons. The highest BCUT2D eigenvalue weighted by atomic mass is 32.1. The Morgan fingerprint density at radius 3 is 2.75 bits per heavy atom. The lowest BCUT2D eigenvalue weighted by atomic mass is 10.0. The molecule has 0 atom stereocenters. The number of hydrogen-bond donors (Lipinski definition) is 1. The molecule has 1 aliphatic rings. The first-order valence-corrected chi connectivity index (χ1v) is 10.5. The van der Waals surface area contributed by atoms with Crippen LogP contribution in [-0.4, -0.2) is 27.4 Å². The molecule has 146 valence electrons. The van der Waals surface area contributed by atoms with Gasteiger partial charge in [0.15, 0.2) is 0 Å². The number of hydrogen-bond acceptors (Lipinski definition) is 5. The minimum absolute atomic E-state index is 0.232. The van der Waals surface area contributed by atoms with Gasteiger partial charge in [0, 0.05) is 23.9 Å². The highest BCUT2D eigenvalue weighted by Gasteiger charge is 2.17. The number of thiazole rings is 1. The predicted molar refractivity (Wildman–Crippen MR) is 108 cm³/mol. The lowest BCUT2D eigenvalue weighted by molar-refractivity contribution is 0.0954. The SMILES string of the molecule is Cc1nc2cc(F)cc(C(=O)NCCCc3nc4c(s3)CCCC4)c2nc1C. The lowest BCUT2D eigenvalue weighted by Gasteiger charge is -2.09. The molecule has 0 spiro atoms. The summed E-state index contributed by atoms with van der Waals surface area (Å²) in [4.78, 5) is 27.6. The number of benzene rings is 1. The van der Waals surface area contributed by atoms with Gasteiger partial charge in [-0.25, -0.2) is 19.3 Å². The Labute approximate surface area is 167 Å². The van der Waals surface area contributed by atoms with Crippen LogP contribution in [0.4, 0.5) is 4.39 Å². The van der Waals surface area contributed by atoms with Gasteiger partial charge >= 0.3 is 0 Å². The molecule has 1 N–H and O–H groups in total. The van der Waals surface area contributed by atoms with E-state index in [1.54, 1.807) is 11.3 Å². The van der Waals surface area contributed by atoms with Gasteiger partial charge in [0.1, 0.15) is 11.3 Å². The molecule has 1 aromatic carbocycles. The quantitative estimate of drug-likeness (QED) is 0.658. The van der Waals surface area contributed by atoms with E-state index in [-0.39, 0.29) is 11.5 Å². The third kappa shape index (κ3) is 3.90. The van der Waals surface area contributed by atoms with Crippen LogP contribution in [0.15, 0.2) is 12.1 Å². The van der Waals surface area contributed by atoms with Gasteiger partial charge in [-0.2, -0.15) is 0 Å². The van der Waals surface area contributed by atoms with Crippen LogP contribution in [-0.2, 0) is 19.3 Å². The maximum Gasteiger partial charge on any atom is 0.253 e. The van der Waals surface area contributed by atoms with Crippen molar-refractivity contribution in [1.82, 2.24) is 20.3 Å². The zero-order valence-electron chi connectivity index (χ0n) is 16.1. The normalized spacial score (nSPS) is 13.5. The zero-order valence-corrected chi connectivity index (χ0v) is 17.0. The Morgan fingerprint density at radius 2 is 1.93 bits per heavy atom. The van der Waals surface area contributed by atoms with Crippen molar-refractivity contribution >= 4 is 28.3 Å². The van der Waals surface area contributed by atoms with Gasteiger partial charge in [0.05, 0.1) is 33.2 Å². The molecule has 2 aromatic heterocycles. The first-order valence-electron chi connectivity index (χ1n) is 9.71. The zero-order chi connectivity index (χ0) is 19.7. The van der Waals surface area contributed by atoms with Crippen molar-refractivity contribution in [1.29, 1.82) is 0 Å². The average Bonchev–Trinajstić information content (AvgIpc) is 3.08. The van der Waals surface area contributed by atoms with Crippen molar-refractivity contribution in [2.75, 3.05) is 6.54 Å². The molecule has 2 heterocycles. The van der Waals surface area contributed by atoms with E-state index in [0.717, 1.165) is 42.1 Å². The van der Waals surface area contributed by atoms with E-state index in [1.165, 1.54) is 35.5 Å². The summed E-state index contributed by atoms with van der Waals surface area (Å²) in [5.41, 5.74) is 3.81. The first kappa shape index (κ1) is 18.9. The van der Waals surface area contributed by atoms with E-state index < -0.39 is 5.82 Å². The number of aryl methyl sites for hydroxylation is 5. The number of carbonyl (C=O) groups is 1. The molecule has 1 amide bonds. The van der Waals surface area contributed by atoms with Gasteiger partial charge in [0.2, 0.25) is 0 Å². The number of carbonyl (C=O) groups excluding carboxylic acids is 1. The van der Waals surface area contributed by atoms with Crippen molar-refractivity contribution in [2.45, 2.75) is 52.4 Å². The predicted octanol–water partition coefficient (Wildman–Crippen LogP) is 4.08. The summed E-state index contributed by atoms with van der Waals surface area (Å²) in [6.07, 6.45) is 6.38. The van der Waals surface area contributed by atoms with Crippen LogP contribution in [0.3, 0.4) is 0 Å². The van der Waals surface area contributed by atoms with E-state index in [1.807, 2.05) is 13.8 Å². The Bertz CT molecular complexity index is 1020. The van der Waals surface area contributed by atoms with E-state index in [2.05, 4.69) is 15.3 Å². The third-order valence-electron chi connectivity index (χ3n) is 5.13. The highest BCUT2D eigenvalue weighted by Crippen LogP contribution is 2.27. The van der Waals surface area contributed by atoms with Crippen molar-refractivity contribution in [3.05, 3.63) is 50.5 Å². The third-order valence-corrected chi connectivity index (χ3v) is 6.35. The largest absolute Gasteiger partial charge is 0.352 e. The number of aromatic nitrogens is 3. The molecule has 0 bridgehead atoms. The molecule has 0 fully saturated rings. The fourth-order valence-electron chi connectivity index (χ4n) is 3.52. The van der Waals surface area contributed by atoms with Gasteiger partial charge in [-0.3, -0.25) is 4.79 Å². The summed E-state index contributed by atoms with van der Waals surface area (Å²) in [5, 5.41) is 4.04. The number of nitrogens with zero attached hydrogens (tertiary/aromatic N) is 3. The Hall–Kier alpha value is -2.41. The molecule has 7 heteroatoms. The topological polar surface area (TPSA) is 67.8 Å². The van der Waals surface area contributed by atoms with Crippen LogP contribution in [0.1, 0.15) is 56.6 Å². The second kappa shape index (κ2) is 7.91. The minimum atomic E-state index is -0.483. The monoisotopic (exact) mass is 398 g/mol. The van der Waals surface area contributed by atoms with Gasteiger partial charge in [0.25, 0.3) is 5.91 Å². The van der Waals surface area contributed by atoms with E-state index >= 15 is 0 Å². The fraction of sp³-hybridized carbons (Fsp3) is 0.429. The van der Waals surface area contributed by atoms with Gasteiger partial charge < -0.3 is 5.32 Å². The molecular weight excluding hydrogens is 375 g/mol. The van der Waals surface area contributed by atoms with Crippen LogP contribution in [0.2, 0.25) is 0 Å². The number of fused-ring (bicyclic) bond motifs is 2. The summed E-state index contributed by atoms with van der Waals surface area (Å²) >= 11 is 1.81. The van der Waals surface area contributed by atoms with Crippen LogP contribution < -0.4 is 5.32 Å². The Kier molecular flexibility index (Phi) is 5.35. The van der Waals surface area contributed by atoms with Crippen molar-refractivity contribution in [3.63, 3.8) is 0 Å². The van der Waals surface area contributed by atoms with Crippen LogP contribution in [0.25, 0.3) is 11.0 Å². The summed E-state index contributed by atoms with van der Waals surface area (Å²) < 4.78 is 14.0. The minimum Gasteiger partial charge on any atom is -0.352 e. The van der Waals surface area contributed by atoms with Crippen LogP contribution >= 0.6 is 11.3 Å². The first-order chi connectivity index (χ1) is 13.5. The van der Waals surface area contributed by atoms with Gasteiger partial charge in [-0.1, -0.05) is 0 Å². The van der Waals surface area contributed by atoms with Gasteiger partial charge in [-0.15, -0.1) is 11.3 Å². The molecule has 0 saturated carbocycles. The molecule has 5 nitrogen and oxygen atoms in total. The smallest absolute Gasteiger partial charge is 0.253 e. The van der Waals surface area contributed by atoms with E-state index in [0.29, 0.717) is 17.6 Å². The van der Waals surface area contributed by atoms with Crippen LogP contribution in [0.5, 0.6) is 0 Å². The maximum atomic E-state index is 14.0. The van der Waals surface area contributed by atoms with E-state index in [9.17, 15) is 9.18 Å². The lowest BCUT2D eigenvalue weighted by Crippen LogP contribution is -2.25. The molecule has 0 aliphatic heterocycles. The number of nitrogens with one attached hydrogen (secondary N) is 1. The number of amides is 1. The highest BCUT2D eigenvalue weighted by molar-refractivity contribution is 7.11. The second-order valence-corrected chi connectivity index (χ2v) is 8.43. The molecule has 1 aliphatic carbocycles. The average molecular weight is 399 g/mol. The summed E-state index contributed by atoms with van der Waals surface area (Å²) in [7, 11) is 0. The standard InChI is InChI=1S/C21H23FN4OS/c1-12-13(2)25-20-15(10-14(22)11-17(20)24-12)21(27)23-9-5-8-19-26-16-6-3-4-7-18(16)28-19/h10-11H,3-9H2,1-2H3,(H,23,27). The fourth-order valence-corrected chi connectivity index (χ4v) is 4.72. The van der Waals surface area contributed by atoms with E-state index in [4.69, 9.17) is 4.98 Å². The van der Waals surface area contributed by atoms with Gasteiger partial charge in [-0.05, 0) is 52.0 Å². The summed E-state index contributed by atoms with van der Waals surface area (Å²) in [6.45, 7) is 4.17. The van der Waals surface area contributed by atoms with Crippen LogP contribution in [0, 0.1) is 19.7 Å². The summed E-state index contributed by atoms with van der Waals surface area (Å²) in [6, 6.07) is 2.55. The molecule has 0 saturated heterocycles. The van der Waals surface area contributed by atoms with Crippen molar-refractivity contribution < 1.29 is 9.18 Å². The Balaban J connectivity index is 1.41. The molecule has 3 aromatic rings. The number of halogens is 1. The molecule has 28 heavy (non-hydrogen) atoms. The number of rotatable bonds is 5. The van der Waals surface area contributed by atoms with Crippen molar-refractivity contribution in [2.24, 2.45) is 0 Å². The second-order valence-electron chi connectivity index (χ2n) is 7.26. The Morgan fingerprint density at radius 1 is 1.14 bits per heavy atom.